The number of primary amides is 1. The lowest BCUT2D eigenvalue weighted by atomic mass is 9.94. The number of hydrogen-bond donors (Lipinski definition) is 1. The van der Waals surface area contributed by atoms with E-state index in [1.165, 1.54) is 51.4 Å². The minimum atomic E-state index is -0.0913. The third-order valence-corrected chi connectivity index (χ3v) is 3.71. The average molecular weight is 255 g/mol. The molecule has 18 heavy (non-hydrogen) atoms. The van der Waals surface area contributed by atoms with Gasteiger partial charge in [0.2, 0.25) is 5.91 Å². The van der Waals surface area contributed by atoms with Gasteiger partial charge in [-0.1, -0.05) is 78.1 Å². The number of rotatable bonds is 13. The topological polar surface area (TPSA) is 43.1 Å². The Morgan fingerprint density at radius 3 is 1.72 bits per heavy atom. The number of unbranched alkanes of at least 4 members (excludes halogenated alkanes) is 8. The van der Waals surface area contributed by atoms with Crippen molar-refractivity contribution in [3.8, 4) is 0 Å². The highest BCUT2D eigenvalue weighted by Crippen LogP contribution is 2.17. The van der Waals surface area contributed by atoms with Crippen LogP contribution in [0.1, 0.15) is 90.9 Å². The van der Waals surface area contributed by atoms with Crippen LogP contribution in [0.4, 0.5) is 0 Å². The monoisotopic (exact) mass is 255 g/mol. The summed E-state index contributed by atoms with van der Waals surface area (Å²) < 4.78 is 0. The number of amides is 1. The van der Waals surface area contributed by atoms with Crippen LogP contribution in [0.2, 0.25) is 0 Å². The Labute approximate surface area is 114 Å². The molecule has 2 N–H and O–H groups in total. The van der Waals surface area contributed by atoms with E-state index in [-0.39, 0.29) is 11.8 Å². The first-order valence-electron chi connectivity index (χ1n) is 8.01. The number of carbonyl (C=O) groups excluding carboxylic acids is 1. The third-order valence-electron chi connectivity index (χ3n) is 3.71. The van der Waals surface area contributed by atoms with Crippen LogP contribution >= 0.6 is 0 Å². The van der Waals surface area contributed by atoms with Gasteiger partial charge in [0.05, 0.1) is 0 Å². The summed E-state index contributed by atoms with van der Waals surface area (Å²) in [5, 5.41) is 0. The van der Waals surface area contributed by atoms with Gasteiger partial charge in [-0.3, -0.25) is 4.79 Å². The second-order valence-electron chi connectivity index (χ2n) is 5.51. The molecule has 0 radical (unpaired) electrons. The molecule has 0 saturated carbocycles. The maximum atomic E-state index is 11.3. The van der Waals surface area contributed by atoms with E-state index < -0.39 is 0 Å². The van der Waals surface area contributed by atoms with E-state index in [0.717, 1.165) is 25.7 Å². The van der Waals surface area contributed by atoms with Gasteiger partial charge in [0.15, 0.2) is 0 Å². The molecular weight excluding hydrogens is 222 g/mol. The van der Waals surface area contributed by atoms with E-state index in [1.807, 2.05) is 0 Å². The SMILES string of the molecule is CCCCCCCCCCC(CCCC)C(N)=O. The van der Waals surface area contributed by atoms with Crippen molar-refractivity contribution in [2.45, 2.75) is 90.9 Å². The van der Waals surface area contributed by atoms with Gasteiger partial charge in [-0.25, -0.2) is 0 Å². The Kier molecular flexibility index (Phi) is 12.5. The molecule has 0 aliphatic carbocycles. The van der Waals surface area contributed by atoms with Gasteiger partial charge in [-0.05, 0) is 12.8 Å². The summed E-state index contributed by atoms with van der Waals surface area (Å²) in [4.78, 5) is 11.3. The lowest BCUT2D eigenvalue weighted by Crippen LogP contribution is -2.23. The molecule has 0 aromatic rings. The molecular formula is C16H33NO. The minimum absolute atomic E-state index is 0.0913. The first-order chi connectivity index (χ1) is 8.72. The van der Waals surface area contributed by atoms with Crippen molar-refractivity contribution >= 4 is 5.91 Å². The molecule has 0 aromatic heterocycles. The fraction of sp³-hybridized carbons (Fsp3) is 0.938. The van der Waals surface area contributed by atoms with E-state index in [0.29, 0.717) is 0 Å². The highest BCUT2D eigenvalue weighted by atomic mass is 16.1. The largest absolute Gasteiger partial charge is 0.369 e. The van der Waals surface area contributed by atoms with Gasteiger partial charge >= 0.3 is 0 Å². The maximum Gasteiger partial charge on any atom is 0.220 e. The molecule has 2 heteroatoms. The molecule has 2 nitrogen and oxygen atoms in total. The quantitative estimate of drug-likeness (QED) is 0.472. The molecule has 0 spiro atoms. The third kappa shape index (κ3) is 10.6. The molecule has 1 atom stereocenters. The van der Waals surface area contributed by atoms with Crippen molar-refractivity contribution in [3.63, 3.8) is 0 Å². The Hall–Kier alpha value is -0.530. The molecule has 0 saturated heterocycles. The number of carbonyl (C=O) groups is 1. The number of hydrogen-bond acceptors (Lipinski definition) is 1. The Morgan fingerprint density at radius 1 is 0.778 bits per heavy atom. The van der Waals surface area contributed by atoms with Crippen molar-refractivity contribution in [2.24, 2.45) is 11.7 Å². The standard InChI is InChI=1S/C16H33NO/c1-3-5-7-8-9-10-11-12-14-15(16(17)18)13-6-4-2/h15H,3-14H2,1-2H3,(H2,17,18). The predicted octanol–water partition coefficient (Wildman–Crippen LogP) is 4.81. The van der Waals surface area contributed by atoms with Crippen molar-refractivity contribution in [1.29, 1.82) is 0 Å². The molecule has 0 rings (SSSR count). The summed E-state index contributed by atoms with van der Waals surface area (Å²) in [5.74, 6) is 0.0384. The Bertz CT molecular complexity index is 192. The second kappa shape index (κ2) is 12.9. The highest BCUT2D eigenvalue weighted by Gasteiger charge is 2.13. The molecule has 1 unspecified atom stereocenters. The molecule has 1 amide bonds. The van der Waals surface area contributed by atoms with Crippen LogP contribution in [0.15, 0.2) is 0 Å². The fourth-order valence-corrected chi connectivity index (χ4v) is 2.40. The van der Waals surface area contributed by atoms with Crippen LogP contribution in [0, 0.1) is 5.92 Å². The van der Waals surface area contributed by atoms with Crippen LogP contribution in [0.5, 0.6) is 0 Å². The maximum absolute atomic E-state index is 11.3. The zero-order valence-corrected chi connectivity index (χ0v) is 12.5. The Balaban J connectivity index is 3.40. The van der Waals surface area contributed by atoms with Gasteiger partial charge in [-0.15, -0.1) is 0 Å². The zero-order chi connectivity index (χ0) is 13.6. The van der Waals surface area contributed by atoms with Crippen molar-refractivity contribution in [2.75, 3.05) is 0 Å². The molecule has 0 aliphatic heterocycles. The minimum Gasteiger partial charge on any atom is -0.369 e. The van der Waals surface area contributed by atoms with Crippen molar-refractivity contribution in [3.05, 3.63) is 0 Å². The summed E-state index contributed by atoms with van der Waals surface area (Å²) in [6.07, 6.45) is 14.9. The predicted molar refractivity (Wildman–Crippen MR) is 79.4 cm³/mol. The molecule has 0 heterocycles. The molecule has 0 aromatic carbocycles. The van der Waals surface area contributed by atoms with Crippen LogP contribution in [0.25, 0.3) is 0 Å². The first kappa shape index (κ1) is 17.5. The molecule has 0 bridgehead atoms. The summed E-state index contributed by atoms with van der Waals surface area (Å²) in [7, 11) is 0. The lowest BCUT2D eigenvalue weighted by molar-refractivity contribution is -0.122. The summed E-state index contributed by atoms with van der Waals surface area (Å²) in [6.45, 7) is 4.41. The van der Waals surface area contributed by atoms with Gasteiger partial charge < -0.3 is 5.73 Å². The molecule has 0 aliphatic rings. The van der Waals surface area contributed by atoms with Gasteiger partial charge in [0, 0.05) is 5.92 Å². The van der Waals surface area contributed by atoms with Crippen LogP contribution < -0.4 is 5.73 Å². The summed E-state index contributed by atoms with van der Waals surface area (Å²) >= 11 is 0. The van der Waals surface area contributed by atoms with E-state index in [9.17, 15) is 4.79 Å². The fourth-order valence-electron chi connectivity index (χ4n) is 2.40. The summed E-state index contributed by atoms with van der Waals surface area (Å²) in [6, 6.07) is 0. The first-order valence-corrected chi connectivity index (χ1v) is 8.01. The Morgan fingerprint density at radius 2 is 1.22 bits per heavy atom. The van der Waals surface area contributed by atoms with E-state index in [1.54, 1.807) is 0 Å². The van der Waals surface area contributed by atoms with Gasteiger partial charge in [-0.2, -0.15) is 0 Å². The smallest absolute Gasteiger partial charge is 0.220 e. The van der Waals surface area contributed by atoms with E-state index >= 15 is 0 Å². The van der Waals surface area contributed by atoms with Crippen LogP contribution in [-0.2, 0) is 4.79 Å². The number of nitrogens with two attached hydrogens (primary N) is 1. The van der Waals surface area contributed by atoms with E-state index in [4.69, 9.17) is 5.73 Å². The zero-order valence-electron chi connectivity index (χ0n) is 12.5. The lowest BCUT2D eigenvalue weighted by Gasteiger charge is -2.12. The van der Waals surface area contributed by atoms with E-state index in [2.05, 4.69) is 13.8 Å². The summed E-state index contributed by atoms with van der Waals surface area (Å²) in [5.41, 5.74) is 5.43. The van der Waals surface area contributed by atoms with Gasteiger partial charge in [0.25, 0.3) is 0 Å². The highest BCUT2D eigenvalue weighted by molar-refractivity contribution is 5.76. The molecule has 0 fully saturated rings. The molecule has 108 valence electrons. The van der Waals surface area contributed by atoms with Crippen LogP contribution in [0.3, 0.4) is 0 Å². The van der Waals surface area contributed by atoms with Gasteiger partial charge in [0.1, 0.15) is 0 Å². The van der Waals surface area contributed by atoms with Crippen molar-refractivity contribution in [1.82, 2.24) is 0 Å². The van der Waals surface area contributed by atoms with Crippen molar-refractivity contribution < 1.29 is 4.79 Å². The second-order valence-corrected chi connectivity index (χ2v) is 5.51. The van der Waals surface area contributed by atoms with Crippen LogP contribution in [-0.4, -0.2) is 5.91 Å². The normalized spacial score (nSPS) is 12.6. The average Bonchev–Trinajstić information content (AvgIpc) is 2.35.